The van der Waals surface area contributed by atoms with Gasteiger partial charge >= 0.3 is 5.97 Å². The van der Waals surface area contributed by atoms with Crippen molar-refractivity contribution >= 4 is 17.7 Å². The minimum atomic E-state index is -0.849. The summed E-state index contributed by atoms with van der Waals surface area (Å²) in [5, 5.41) is 17.8. The number of carboxylic acids is 1. The van der Waals surface area contributed by atoms with Crippen molar-refractivity contribution in [3.05, 3.63) is 41.2 Å². The Labute approximate surface area is 128 Å². The van der Waals surface area contributed by atoms with Gasteiger partial charge in [-0.3, -0.25) is 4.79 Å². The second-order valence-electron chi connectivity index (χ2n) is 5.21. The molecule has 2 rings (SSSR count). The normalized spacial score (nSPS) is 11.0. The van der Waals surface area contributed by atoms with E-state index in [1.54, 1.807) is 0 Å². The predicted molar refractivity (Wildman–Crippen MR) is 82.8 cm³/mol. The Kier molecular flexibility index (Phi) is 5.01. The van der Waals surface area contributed by atoms with Crippen LogP contribution < -0.4 is 0 Å². The van der Waals surface area contributed by atoms with E-state index in [2.05, 4.69) is 41.4 Å². The van der Waals surface area contributed by atoms with E-state index in [1.807, 2.05) is 18.4 Å². The first-order valence-electron chi connectivity index (χ1n) is 6.81. The van der Waals surface area contributed by atoms with Crippen LogP contribution in [-0.2, 0) is 11.2 Å². The van der Waals surface area contributed by atoms with Crippen molar-refractivity contribution in [3.8, 4) is 0 Å². The van der Waals surface area contributed by atoms with Crippen LogP contribution in [0.5, 0.6) is 0 Å². The molecule has 1 aromatic heterocycles. The van der Waals surface area contributed by atoms with E-state index in [4.69, 9.17) is 5.11 Å². The molecule has 2 aromatic rings. The van der Waals surface area contributed by atoms with E-state index in [0.717, 1.165) is 5.82 Å². The van der Waals surface area contributed by atoms with Crippen LogP contribution in [0.1, 0.15) is 36.8 Å². The lowest BCUT2D eigenvalue weighted by atomic mass is 10.1. The number of hydrogen-bond donors (Lipinski definition) is 1. The lowest BCUT2D eigenvalue weighted by Crippen LogP contribution is -2.09. The SMILES string of the molecule is Cc1ccc(Cc2nnc(SCC(=O)O)n2C(C)C)cc1. The minimum absolute atomic E-state index is 0.00458. The van der Waals surface area contributed by atoms with Gasteiger partial charge < -0.3 is 9.67 Å². The van der Waals surface area contributed by atoms with Crippen molar-refractivity contribution in [2.75, 3.05) is 5.75 Å². The third-order valence-electron chi connectivity index (χ3n) is 3.06. The maximum Gasteiger partial charge on any atom is 0.313 e. The van der Waals surface area contributed by atoms with Crippen molar-refractivity contribution < 1.29 is 9.90 Å². The van der Waals surface area contributed by atoms with Gasteiger partial charge in [-0.25, -0.2) is 0 Å². The zero-order chi connectivity index (χ0) is 15.4. The summed E-state index contributed by atoms with van der Waals surface area (Å²) < 4.78 is 2.01. The maximum absolute atomic E-state index is 10.7. The number of aromatic nitrogens is 3. The highest BCUT2D eigenvalue weighted by molar-refractivity contribution is 7.99. The highest BCUT2D eigenvalue weighted by atomic mass is 32.2. The zero-order valence-corrected chi connectivity index (χ0v) is 13.2. The highest BCUT2D eigenvalue weighted by Gasteiger charge is 2.16. The molecule has 0 spiro atoms. The molecule has 1 N–H and O–H groups in total. The van der Waals surface area contributed by atoms with Crippen molar-refractivity contribution in [1.82, 2.24) is 14.8 Å². The third kappa shape index (κ3) is 4.07. The number of benzene rings is 1. The van der Waals surface area contributed by atoms with E-state index in [0.29, 0.717) is 11.6 Å². The molecule has 112 valence electrons. The molecule has 0 aliphatic rings. The van der Waals surface area contributed by atoms with Crippen LogP contribution in [0.3, 0.4) is 0 Å². The van der Waals surface area contributed by atoms with Crippen LogP contribution in [-0.4, -0.2) is 31.6 Å². The average molecular weight is 305 g/mol. The summed E-state index contributed by atoms with van der Waals surface area (Å²) in [5.74, 6) is 0.00943. The summed E-state index contributed by atoms with van der Waals surface area (Å²) in [5.41, 5.74) is 2.39. The number of thioether (sulfide) groups is 1. The topological polar surface area (TPSA) is 68.0 Å². The maximum atomic E-state index is 10.7. The molecule has 21 heavy (non-hydrogen) atoms. The van der Waals surface area contributed by atoms with Gasteiger partial charge in [-0.05, 0) is 26.3 Å². The first-order valence-corrected chi connectivity index (χ1v) is 7.80. The fourth-order valence-electron chi connectivity index (χ4n) is 2.06. The smallest absolute Gasteiger partial charge is 0.313 e. The summed E-state index contributed by atoms with van der Waals surface area (Å²) >= 11 is 1.21. The van der Waals surface area contributed by atoms with Gasteiger partial charge in [0.05, 0.1) is 5.75 Å². The van der Waals surface area contributed by atoms with Crippen molar-refractivity contribution in [2.24, 2.45) is 0 Å². The molecule has 0 unspecified atom stereocenters. The predicted octanol–water partition coefficient (Wildman–Crippen LogP) is 2.93. The first-order chi connectivity index (χ1) is 9.97. The van der Waals surface area contributed by atoms with Crippen LogP contribution >= 0.6 is 11.8 Å². The molecule has 0 atom stereocenters. The van der Waals surface area contributed by atoms with Gasteiger partial charge in [0.25, 0.3) is 0 Å². The van der Waals surface area contributed by atoms with Gasteiger partial charge in [-0.15, -0.1) is 10.2 Å². The summed E-state index contributed by atoms with van der Waals surface area (Å²) in [6.45, 7) is 6.15. The molecule has 0 aliphatic heterocycles. The van der Waals surface area contributed by atoms with E-state index in [1.165, 1.54) is 22.9 Å². The Hall–Kier alpha value is -1.82. The number of carbonyl (C=O) groups is 1. The Bertz CT molecular complexity index is 620. The number of rotatable bonds is 6. The number of carboxylic acid groups (broad SMARTS) is 1. The van der Waals surface area contributed by atoms with E-state index in [-0.39, 0.29) is 11.8 Å². The summed E-state index contributed by atoms with van der Waals surface area (Å²) in [6.07, 6.45) is 0.694. The van der Waals surface area contributed by atoms with Gasteiger partial charge in [-0.1, -0.05) is 41.6 Å². The standard InChI is InChI=1S/C15H19N3O2S/c1-10(2)18-13(8-12-6-4-11(3)5-7-12)16-17-15(18)21-9-14(19)20/h4-7,10H,8-9H2,1-3H3,(H,19,20). The fraction of sp³-hybridized carbons (Fsp3) is 0.400. The van der Waals surface area contributed by atoms with Gasteiger partial charge in [0.1, 0.15) is 5.82 Å². The average Bonchev–Trinajstić information content (AvgIpc) is 2.82. The van der Waals surface area contributed by atoms with Gasteiger partial charge in [0, 0.05) is 12.5 Å². The summed E-state index contributed by atoms with van der Waals surface area (Å²) in [7, 11) is 0. The largest absolute Gasteiger partial charge is 0.481 e. The van der Waals surface area contributed by atoms with Gasteiger partial charge in [0.15, 0.2) is 5.16 Å². The molecule has 0 saturated carbocycles. The van der Waals surface area contributed by atoms with Crippen LogP contribution in [0.4, 0.5) is 0 Å². The van der Waals surface area contributed by atoms with Crippen molar-refractivity contribution in [2.45, 2.75) is 38.4 Å². The minimum Gasteiger partial charge on any atom is -0.481 e. The Morgan fingerprint density at radius 3 is 2.52 bits per heavy atom. The number of aliphatic carboxylic acids is 1. The van der Waals surface area contributed by atoms with E-state index < -0.39 is 5.97 Å². The molecule has 0 aliphatic carbocycles. The fourth-order valence-corrected chi connectivity index (χ4v) is 2.87. The monoisotopic (exact) mass is 305 g/mol. The zero-order valence-electron chi connectivity index (χ0n) is 12.4. The molecular formula is C15H19N3O2S. The molecule has 5 nitrogen and oxygen atoms in total. The summed E-state index contributed by atoms with van der Waals surface area (Å²) in [4.78, 5) is 10.7. The number of nitrogens with zero attached hydrogens (tertiary/aromatic N) is 3. The van der Waals surface area contributed by atoms with E-state index >= 15 is 0 Å². The molecule has 1 heterocycles. The molecule has 0 fully saturated rings. The summed E-state index contributed by atoms with van der Waals surface area (Å²) in [6, 6.07) is 8.51. The Morgan fingerprint density at radius 2 is 1.95 bits per heavy atom. The lowest BCUT2D eigenvalue weighted by molar-refractivity contribution is -0.133. The molecule has 0 radical (unpaired) electrons. The van der Waals surface area contributed by atoms with Crippen LogP contribution in [0.25, 0.3) is 0 Å². The van der Waals surface area contributed by atoms with Crippen molar-refractivity contribution in [1.29, 1.82) is 0 Å². The molecule has 0 saturated heterocycles. The molecule has 0 amide bonds. The quantitative estimate of drug-likeness (QED) is 0.831. The first kappa shape index (κ1) is 15.6. The van der Waals surface area contributed by atoms with Crippen molar-refractivity contribution in [3.63, 3.8) is 0 Å². The number of hydrogen-bond acceptors (Lipinski definition) is 4. The second kappa shape index (κ2) is 6.76. The molecule has 1 aromatic carbocycles. The van der Waals surface area contributed by atoms with Crippen LogP contribution in [0, 0.1) is 6.92 Å². The third-order valence-corrected chi connectivity index (χ3v) is 3.99. The van der Waals surface area contributed by atoms with Crippen LogP contribution in [0.15, 0.2) is 29.4 Å². The van der Waals surface area contributed by atoms with Gasteiger partial charge in [-0.2, -0.15) is 0 Å². The van der Waals surface area contributed by atoms with Gasteiger partial charge in [0.2, 0.25) is 0 Å². The Morgan fingerprint density at radius 1 is 1.29 bits per heavy atom. The molecule has 6 heteroatoms. The van der Waals surface area contributed by atoms with E-state index in [9.17, 15) is 4.79 Å². The molecular weight excluding hydrogens is 286 g/mol. The molecule has 0 bridgehead atoms. The second-order valence-corrected chi connectivity index (χ2v) is 6.15. The number of aryl methyl sites for hydroxylation is 1. The Balaban J connectivity index is 2.22. The van der Waals surface area contributed by atoms with Crippen LogP contribution in [0.2, 0.25) is 0 Å². The highest BCUT2D eigenvalue weighted by Crippen LogP contribution is 2.23. The lowest BCUT2D eigenvalue weighted by Gasteiger charge is -2.13.